The highest BCUT2D eigenvalue weighted by molar-refractivity contribution is 5.98. The molecular formula is C14H14N6O. The molecule has 0 saturated heterocycles. The average molecular weight is 282 g/mol. The van der Waals surface area contributed by atoms with Crippen LogP contribution >= 0.6 is 0 Å². The molecule has 7 nitrogen and oxygen atoms in total. The maximum Gasteiger partial charge on any atom is 0.221 e. The summed E-state index contributed by atoms with van der Waals surface area (Å²) in [6.07, 6.45) is 1.42. The normalized spacial score (nSPS) is 10.8. The van der Waals surface area contributed by atoms with E-state index in [1.54, 1.807) is 4.68 Å². The van der Waals surface area contributed by atoms with Gasteiger partial charge in [0.15, 0.2) is 5.65 Å². The van der Waals surface area contributed by atoms with Gasteiger partial charge in [0.05, 0.1) is 5.39 Å². The molecule has 7 heteroatoms. The Bertz CT molecular complexity index is 821. The van der Waals surface area contributed by atoms with E-state index in [-0.39, 0.29) is 5.91 Å². The second-order valence-electron chi connectivity index (χ2n) is 4.69. The molecule has 0 fully saturated rings. The number of carbonyl (C=O) groups excluding carboxylic acids is 1. The fourth-order valence-electron chi connectivity index (χ4n) is 2.23. The number of aromatic nitrogens is 4. The van der Waals surface area contributed by atoms with Crippen molar-refractivity contribution in [3.63, 3.8) is 0 Å². The highest BCUT2D eigenvalue weighted by atomic mass is 16.1. The Hall–Kier alpha value is -2.96. The summed E-state index contributed by atoms with van der Waals surface area (Å²) in [7, 11) is 1.81. The van der Waals surface area contributed by atoms with Crippen molar-refractivity contribution in [3.05, 3.63) is 30.6 Å². The molecule has 0 aliphatic heterocycles. The van der Waals surface area contributed by atoms with E-state index in [9.17, 15) is 4.79 Å². The summed E-state index contributed by atoms with van der Waals surface area (Å²) in [5, 5.41) is 7.91. The molecule has 3 aromatic rings. The third-order valence-electron chi connectivity index (χ3n) is 3.13. The Labute approximate surface area is 120 Å². The van der Waals surface area contributed by atoms with Gasteiger partial charge in [-0.2, -0.15) is 5.10 Å². The van der Waals surface area contributed by atoms with E-state index in [2.05, 4.69) is 20.4 Å². The standard InChI is InChI=1S/C14H14N6O/c1-8(21)18-10-5-3-9(4-6-10)12-11-13(15)16-7-17-14(11)20(2)19-12/h3-7H,1-2H3,(H,18,21)(H2,15,16,17). The maximum absolute atomic E-state index is 11.0. The Morgan fingerprint density at radius 1 is 1.24 bits per heavy atom. The van der Waals surface area contributed by atoms with E-state index in [4.69, 9.17) is 5.73 Å². The van der Waals surface area contributed by atoms with Crippen LogP contribution in [0.4, 0.5) is 11.5 Å². The molecule has 3 N–H and O–H groups in total. The second-order valence-corrected chi connectivity index (χ2v) is 4.69. The topological polar surface area (TPSA) is 98.7 Å². The lowest BCUT2D eigenvalue weighted by Crippen LogP contribution is -2.05. The van der Waals surface area contributed by atoms with Crippen molar-refractivity contribution in [2.24, 2.45) is 7.05 Å². The molecule has 1 aromatic carbocycles. The first-order valence-corrected chi connectivity index (χ1v) is 6.37. The maximum atomic E-state index is 11.0. The van der Waals surface area contributed by atoms with Gasteiger partial charge in [-0.05, 0) is 12.1 Å². The van der Waals surface area contributed by atoms with Gasteiger partial charge in [-0.1, -0.05) is 12.1 Å². The largest absolute Gasteiger partial charge is 0.383 e. The summed E-state index contributed by atoms with van der Waals surface area (Å²) in [5.41, 5.74) is 8.97. The minimum atomic E-state index is -0.108. The molecule has 21 heavy (non-hydrogen) atoms. The third-order valence-corrected chi connectivity index (χ3v) is 3.13. The van der Waals surface area contributed by atoms with Crippen LogP contribution in [0.2, 0.25) is 0 Å². The van der Waals surface area contributed by atoms with E-state index >= 15 is 0 Å². The number of hydrogen-bond donors (Lipinski definition) is 2. The molecule has 0 aliphatic rings. The minimum absolute atomic E-state index is 0.108. The lowest BCUT2D eigenvalue weighted by molar-refractivity contribution is -0.114. The number of amides is 1. The molecule has 0 saturated carbocycles. The number of anilines is 2. The molecule has 3 rings (SSSR count). The molecule has 0 spiro atoms. The van der Waals surface area contributed by atoms with Crippen LogP contribution < -0.4 is 11.1 Å². The number of nitrogen functional groups attached to an aromatic ring is 1. The molecule has 0 unspecified atom stereocenters. The molecular weight excluding hydrogens is 268 g/mol. The van der Waals surface area contributed by atoms with Crippen molar-refractivity contribution < 1.29 is 4.79 Å². The van der Waals surface area contributed by atoms with Crippen LogP contribution in [0, 0.1) is 0 Å². The molecule has 106 valence electrons. The number of aryl methyl sites for hydroxylation is 1. The first-order chi connectivity index (χ1) is 10.1. The monoisotopic (exact) mass is 282 g/mol. The average Bonchev–Trinajstić information content (AvgIpc) is 2.78. The zero-order valence-electron chi connectivity index (χ0n) is 11.7. The second kappa shape index (κ2) is 4.86. The predicted octanol–water partition coefficient (Wildman–Crippen LogP) is 1.57. The van der Waals surface area contributed by atoms with Crippen molar-refractivity contribution in [1.29, 1.82) is 0 Å². The number of nitrogens with two attached hydrogens (primary N) is 1. The fourth-order valence-corrected chi connectivity index (χ4v) is 2.23. The molecule has 0 aliphatic carbocycles. The number of nitrogens with zero attached hydrogens (tertiary/aromatic N) is 4. The van der Waals surface area contributed by atoms with E-state index in [0.717, 1.165) is 22.3 Å². The highest BCUT2D eigenvalue weighted by Gasteiger charge is 2.15. The number of rotatable bonds is 2. The molecule has 2 aromatic heterocycles. The van der Waals surface area contributed by atoms with Crippen molar-refractivity contribution in [2.75, 3.05) is 11.1 Å². The van der Waals surface area contributed by atoms with Gasteiger partial charge in [0, 0.05) is 25.2 Å². The van der Waals surface area contributed by atoms with E-state index in [1.807, 2.05) is 31.3 Å². The van der Waals surface area contributed by atoms with Crippen LogP contribution in [0.5, 0.6) is 0 Å². The number of fused-ring (bicyclic) bond motifs is 1. The lowest BCUT2D eigenvalue weighted by Gasteiger charge is -2.03. The summed E-state index contributed by atoms with van der Waals surface area (Å²) >= 11 is 0. The summed E-state index contributed by atoms with van der Waals surface area (Å²) in [6, 6.07) is 7.38. The third kappa shape index (κ3) is 2.29. The summed E-state index contributed by atoms with van der Waals surface area (Å²) in [6.45, 7) is 1.47. The van der Waals surface area contributed by atoms with Gasteiger partial charge in [0.2, 0.25) is 5.91 Å². The van der Waals surface area contributed by atoms with Crippen LogP contribution in [0.25, 0.3) is 22.3 Å². The fraction of sp³-hybridized carbons (Fsp3) is 0.143. The minimum Gasteiger partial charge on any atom is -0.383 e. The van der Waals surface area contributed by atoms with Gasteiger partial charge in [-0.15, -0.1) is 0 Å². The van der Waals surface area contributed by atoms with E-state index < -0.39 is 0 Å². The van der Waals surface area contributed by atoms with Gasteiger partial charge in [0.25, 0.3) is 0 Å². The van der Waals surface area contributed by atoms with E-state index in [1.165, 1.54) is 13.3 Å². The number of benzene rings is 1. The summed E-state index contributed by atoms with van der Waals surface area (Å²) in [4.78, 5) is 19.2. The molecule has 1 amide bonds. The van der Waals surface area contributed by atoms with Gasteiger partial charge >= 0.3 is 0 Å². The van der Waals surface area contributed by atoms with Crippen LogP contribution in [0.1, 0.15) is 6.92 Å². The number of hydrogen-bond acceptors (Lipinski definition) is 5. The van der Waals surface area contributed by atoms with Gasteiger partial charge in [-0.3, -0.25) is 4.79 Å². The summed E-state index contributed by atoms with van der Waals surface area (Å²) < 4.78 is 1.67. The Morgan fingerprint density at radius 2 is 1.95 bits per heavy atom. The molecule has 0 radical (unpaired) electrons. The zero-order valence-corrected chi connectivity index (χ0v) is 11.7. The van der Waals surface area contributed by atoms with Crippen LogP contribution in [0.3, 0.4) is 0 Å². The number of carbonyl (C=O) groups is 1. The molecule has 0 atom stereocenters. The van der Waals surface area contributed by atoms with Crippen molar-refractivity contribution in [3.8, 4) is 11.3 Å². The number of nitrogens with one attached hydrogen (secondary N) is 1. The van der Waals surface area contributed by atoms with Gasteiger partial charge in [-0.25, -0.2) is 14.6 Å². The molecule has 0 bridgehead atoms. The Morgan fingerprint density at radius 3 is 2.62 bits per heavy atom. The van der Waals surface area contributed by atoms with Crippen LogP contribution in [-0.2, 0) is 11.8 Å². The Balaban J connectivity index is 2.10. The van der Waals surface area contributed by atoms with Crippen LogP contribution in [-0.4, -0.2) is 25.7 Å². The van der Waals surface area contributed by atoms with E-state index in [0.29, 0.717) is 11.5 Å². The van der Waals surface area contributed by atoms with Crippen molar-refractivity contribution in [2.45, 2.75) is 6.92 Å². The van der Waals surface area contributed by atoms with Gasteiger partial charge in [0.1, 0.15) is 17.8 Å². The predicted molar refractivity (Wildman–Crippen MR) is 80.5 cm³/mol. The SMILES string of the molecule is CC(=O)Nc1ccc(-c2nn(C)c3ncnc(N)c23)cc1. The highest BCUT2D eigenvalue weighted by Crippen LogP contribution is 2.30. The summed E-state index contributed by atoms with van der Waals surface area (Å²) in [5.74, 6) is 0.290. The molecule has 2 heterocycles. The quantitative estimate of drug-likeness (QED) is 0.743. The smallest absolute Gasteiger partial charge is 0.221 e. The van der Waals surface area contributed by atoms with Crippen LogP contribution in [0.15, 0.2) is 30.6 Å². The zero-order chi connectivity index (χ0) is 15.0. The lowest BCUT2D eigenvalue weighted by atomic mass is 10.1. The Kier molecular flexibility index (Phi) is 3.02. The first-order valence-electron chi connectivity index (χ1n) is 6.37. The van der Waals surface area contributed by atoms with Crippen molar-refractivity contribution in [1.82, 2.24) is 19.7 Å². The first kappa shape index (κ1) is 13.0. The van der Waals surface area contributed by atoms with Crippen molar-refractivity contribution >= 4 is 28.4 Å². The van der Waals surface area contributed by atoms with Gasteiger partial charge < -0.3 is 11.1 Å².